The SMILES string of the molecule is C#Cc1c(C)cc(C)cc1OC. The molecule has 0 unspecified atom stereocenters. The lowest BCUT2D eigenvalue weighted by Gasteiger charge is -2.07. The minimum atomic E-state index is 0.787. The molecule has 0 saturated heterocycles. The summed E-state index contributed by atoms with van der Waals surface area (Å²) in [5, 5.41) is 0. The van der Waals surface area contributed by atoms with Gasteiger partial charge in [-0.2, -0.15) is 0 Å². The maximum Gasteiger partial charge on any atom is 0.134 e. The van der Waals surface area contributed by atoms with Gasteiger partial charge in [0.15, 0.2) is 0 Å². The lowest BCUT2D eigenvalue weighted by atomic mass is 10.1. The van der Waals surface area contributed by atoms with Gasteiger partial charge in [-0.25, -0.2) is 0 Å². The lowest BCUT2D eigenvalue weighted by molar-refractivity contribution is 0.413. The average Bonchev–Trinajstić information content (AvgIpc) is 2.03. The van der Waals surface area contributed by atoms with Crippen LogP contribution < -0.4 is 4.74 Å². The van der Waals surface area contributed by atoms with Crippen molar-refractivity contribution in [2.75, 3.05) is 7.11 Å². The molecular formula is C11H12O. The van der Waals surface area contributed by atoms with E-state index >= 15 is 0 Å². The number of rotatable bonds is 1. The predicted octanol–water partition coefficient (Wildman–Crippen LogP) is 2.29. The second-order valence-corrected chi connectivity index (χ2v) is 2.80. The van der Waals surface area contributed by atoms with Crippen molar-refractivity contribution < 1.29 is 4.74 Å². The van der Waals surface area contributed by atoms with Crippen molar-refractivity contribution in [3.05, 3.63) is 28.8 Å². The summed E-state index contributed by atoms with van der Waals surface area (Å²) >= 11 is 0. The topological polar surface area (TPSA) is 9.23 Å². The molecule has 0 heterocycles. The molecule has 0 aliphatic rings. The zero-order chi connectivity index (χ0) is 9.14. The Labute approximate surface area is 73.4 Å². The van der Waals surface area contributed by atoms with E-state index in [1.165, 1.54) is 5.56 Å². The average molecular weight is 160 g/mol. The van der Waals surface area contributed by atoms with Crippen molar-refractivity contribution >= 4 is 0 Å². The third-order valence-corrected chi connectivity index (χ3v) is 1.81. The normalized spacial score (nSPS) is 9.17. The summed E-state index contributed by atoms with van der Waals surface area (Å²) in [5.41, 5.74) is 3.11. The summed E-state index contributed by atoms with van der Waals surface area (Å²) < 4.78 is 5.16. The summed E-state index contributed by atoms with van der Waals surface area (Å²) in [5.74, 6) is 3.40. The Morgan fingerprint density at radius 3 is 2.50 bits per heavy atom. The molecule has 0 spiro atoms. The van der Waals surface area contributed by atoms with E-state index in [9.17, 15) is 0 Å². The molecule has 1 rings (SSSR count). The summed E-state index contributed by atoms with van der Waals surface area (Å²) in [6.07, 6.45) is 5.35. The smallest absolute Gasteiger partial charge is 0.134 e. The van der Waals surface area contributed by atoms with Crippen LogP contribution in [-0.4, -0.2) is 7.11 Å². The first-order valence-electron chi connectivity index (χ1n) is 3.81. The van der Waals surface area contributed by atoms with E-state index in [-0.39, 0.29) is 0 Å². The Balaban J connectivity index is 3.36. The van der Waals surface area contributed by atoms with Crippen LogP contribution in [0.2, 0.25) is 0 Å². The molecule has 1 heteroatoms. The summed E-state index contributed by atoms with van der Waals surface area (Å²) in [4.78, 5) is 0. The van der Waals surface area contributed by atoms with Crippen LogP contribution in [0.5, 0.6) is 5.75 Å². The number of methoxy groups -OCH3 is 1. The Morgan fingerprint density at radius 2 is 2.00 bits per heavy atom. The molecule has 1 aromatic rings. The van der Waals surface area contributed by atoms with Crippen molar-refractivity contribution in [1.82, 2.24) is 0 Å². The molecule has 1 nitrogen and oxygen atoms in total. The summed E-state index contributed by atoms with van der Waals surface area (Å²) in [6.45, 7) is 4.01. The fourth-order valence-corrected chi connectivity index (χ4v) is 1.27. The molecule has 0 N–H and O–H groups in total. The molecule has 0 saturated carbocycles. The molecule has 0 atom stereocenters. The molecule has 0 aliphatic heterocycles. The molecule has 1 aromatic carbocycles. The van der Waals surface area contributed by atoms with Crippen molar-refractivity contribution in [3.8, 4) is 18.1 Å². The molecule has 0 aliphatic carbocycles. The third kappa shape index (κ3) is 1.43. The standard InChI is InChI=1S/C11H12O/c1-5-10-9(3)6-8(2)7-11(10)12-4/h1,6-7H,2-4H3. The van der Waals surface area contributed by atoms with E-state index in [2.05, 4.69) is 12.0 Å². The van der Waals surface area contributed by atoms with Crippen molar-refractivity contribution in [3.63, 3.8) is 0 Å². The highest BCUT2D eigenvalue weighted by Gasteiger charge is 2.03. The number of terminal acetylenes is 1. The molecule has 0 radical (unpaired) electrons. The summed E-state index contributed by atoms with van der Waals surface area (Å²) in [7, 11) is 1.63. The van der Waals surface area contributed by atoms with E-state index in [1.54, 1.807) is 7.11 Å². The van der Waals surface area contributed by atoms with Crippen molar-refractivity contribution in [2.24, 2.45) is 0 Å². The second-order valence-electron chi connectivity index (χ2n) is 2.80. The highest BCUT2D eigenvalue weighted by Crippen LogP contribution is 2.22. The molecule has 12 heavy (non-hydrogen) atoms. The van der Waals surface area contributed by atoms with Gasteiger partial charge in [0, 0.05) is 0 Å². The number of benzene rings is 1. The van der Waals surface area contributed by atoms with Gasteiger partial charge in [0.2, 0.25) is 0 Å². The zero-order valence-corrected chi connectivity index (χ0v) is 7.64. The van der Waals surface area contributed by atoms with Gasteiger partial charge >= 0.3 is 0 Å². The highest BCUT2D eigenvalue weighted by atomic mass is 16.5. The van der Waals surface area contributed by atoms with Crippen LogP contribution in [0.4, 0.5) is 0 Å². The molecule has 0 aromatic heterocycles. The lowest BCUT2D eigenvalue weighted by Crippen LogP contribution is -1.91. The van der Waals surface area contributed by atoms with E-state index in [4.69, 9.17) is 11.2 Å². The van der Waals surface area contributed by atoms with Crippen molar-refractivity contribution in [2.45, 2.75) is 13.8 Å². The van der Waals surface area contributed by atoms with Crippen LogP contribution in [0.25, 0.3) is 0 Å². The summed E-state index contributed by atoms with van der Waals surface area (Å²) in [6, 6.07) is 4.00. The Bertz CT molecular complexity index is 332. The van der Waals surface area contributed by atoms with Gasteiger partial charge in [0.1, 0.15) is 5.75 Å². The predicted molar refractivity (Wildman–Crippen MR) is 50.4 cm³/mol. The molecule has 0 amide bonds. The molecule has 0 bridgehead atoms. The highest BCUT2D eigenvalue weighted by molar-refractivity contribution is 5.51. The molecule has 62 valence electrons. The number of aryl methyl sites for hydroxylation is 2. The van der Waals surface area contributed by atoms with Gasteiger partial charge in [0.05, 0.1) is 12.7 Å². The van der Waals surface area contributed by atoms with Crippen LogP contribution in [0.3, 0.4) is 0 Å². The van der Waals surface area contributed by atoms with Crippen LogP contribution in [0, 0.1) is 26.2 Å². The van der Waals surface area contributed by atoms with Crippen LogP contribution in [-0.2, 0) is 0 Å². The maximum atomic E-state index is 5.35. The van der Waals surface area contributed by atoms with E-state index < -0.39 is 0 Å². The fraction of sp³-hybridized carbons (Fsp3) is 0.273. The second kappa shape index (κ2) is 3.32. The first-order valence-corrected chi connectivity index (χ1v) is 3.81. The van der Waals surface area contributed by atoms with Crippen molar-refractivity contribution in [1.29, 1.82) is 0 Å². The largest absolute Gasteiger partial charge is 0.495 e. The Morgan fingerprint density at radius 1 is 1.33 bits per heavy atom. The zero-order valence-electron chi connectivity index (χ0n) is 7.64. The third-order valence-electron chi connectivity index (χ3n) is 1.81. The quantitative estimate of drug-likeness (QED) is 0.573. The van der Waals surface area contributed by atoms with Crippen LogP contribution in [0.15, 0.2) is 12.1 Å². The van der Waals surface area contributed by atoms with Gasteiger partial charge in [-0.15, -0.1) is 6.42 Å². The molecule has 0 fully saturated rings. The van der Waals surface area contributed by atoms with Gasteiger partial charge in [-0.1, -0.05) is 12.0 Å². The first kappa shape index (κ1) is 8.67. The number of hydrogen-bond acceptors (Lipinski definition) is 1. The number of ether oxygens (including phenoxy) is 1. The van der Waals surface area contributed by atoms with Crippen LogP contribution >= 0.6 is 0 Å². The van der Waals surface area contributed by atoms with Crippen LogP contribution in [0.1, 0.15) is 16.7 Å². The minimum Gasteiger partial charge on any atom is -0.495 e. The fourth-order valence-electron chi connectivity index (χ4n) is 1.27. The first-order chi connectivity index (χ1) is 5.69. The van der Waals surface area contributed by atoms with Gasteiger partial charge in [-0.05, 0) is 31.0 Å². The Kier molecular flexibility index (Phi) is 2.40. The van der Waals surface area contributed by atoms with Gasteiger partial charge in [-0.3, -0.25) is 0 Å². The van der Waals surface area contributed by atoms with E-state index in [0.29, 0.717) is 0 Å². The minimum absolute atomic E-state index is 0.787. The van der Waals surface area contributed by atoms with Gasteiger partial charge in [0.25, 0.3) is 0 Å². The van der Waals surface area contributed by atoms with E-state index in [1.807, 2.05) is 19.9 Å². The monoisotopic (exact) mass is 160 g/mol. The van der Waals surface area contributed by atoms with Gasteiger partial charge < -0.3 is 4.74 Å². The maximum absolute atomic E-state index is 5.35. The molecular weight excluding hydrogens is 148 g/mol. The number of hydrogen-bond donors (Lipinski definition) is 0. The van der Waals surface area contributed by atoms with E-state index in [0.717, 1.165) is 16.9 Å². The Hall–Kier alpha value is -1.42.